The first kappa shape index (κ1) is 11.3. The van der Waals surface area contributed by atoms with E-state index >= 15 is 0 Å². The van der Waals surface area contributed by atoms with Gasteiger partial charge < -0.3 is 5.32 Å². The van der Waals surface area contributed by atoms with Gasteiger partial charge in [-0.25, -0.2) is 0 Å². The average Bonchev–Trinajstić information content (AvgIpc) is 2.82. The Balaban J connectivity index is 1.79. The zero-order valence-corrected chi connectivity index (χ0v) is 11.1. The fraction of sp³-hybridized carbons (Fsp3) is 0.125. The van der Waals surface area contributed by atoms with E-state index in [1.165, 1.54) is 26.9 Å². The van der Waals surface area contributed by atoms with Gasteiger partial charge in [-0.3, -0.25) is 0 Å². The number of anilines is 1. The molecule has 1 aromatic heterocycles. The van der Waals surface area contributed by atoms with Crippen LogP contribution < -0.4 is 5.32 Å². The summed E-state index contributed by atoms with van der Waals surface area (Å²) >= 11 is 1.81. The van der Waals surface area contributed by atoms with Crippen molar-refractivity contribution >= 4 is 27.1 Å². The number of aryl methyl sites for hydroxylation is 1. The number of hydrogen-bond donors (Lipinski definition) is 1. The van der Waals surface area contributed by atoms with E-state index in [1.807, 2.05) is 11.3 Å². The minimum absolute atomic E-state index is 0.882. The average molecular weight is 253 g/mol. The van der Waals surface area contributed by atoms with Crippen LogP contribution in [0.5, 0.6) is 0 Å². The topological polar surface area (TPSA) is 12.0 Å². The van der Waals surface area contributed by atoms with Gasteiger partial charge in [0.15, 0.2) is 0 Å². The molecule has 0 fully saturated rings. The standard InChI is InChI=1S/C16H15NS/c1-12-6-8-14(9-7-12)17-10-13-11-18-16-5-3-2-4-15(13)16/h2-9,11,17H,10H2,1H3. The van der Waals surface area contributed by atoms with Crippen molar-refractivity contribution in [3.05, 3.63) is 65.0 Å². The maximum atomic E-state index is 3.47. The number of hydrogen-bond acceptors (Lipinski definition) is 2. The molecule has 90 valence electrons. The van der Waals surface area contributed by atoms with Crippen molar-refractivity contribution in [1.29, 1.82) is 0 Å². The summed E-state index contributed by atoms with van der Waals surface area (Å²) in [5, 5.41) is 7.08. The Morgan fingerprint density at radius 3 is 2.61 bits per heavy atom. The van der Waals surface area contributed by atoms with Gasteiger partial charge in [0.05, 0.1) is 0 Å². The van der Waals surface area contributed by atoms with Gasteiger partial charge >= 0.3 is 0 Å². The smallest absolute Gasteiger partial charge is 0.0415 e. The largest absolute Gasteiger partial charge is 0.381 e. The van der Waals surface area contributed by atoms with Crippen LogP contribution in [0.2, 0.25) is 0 Å². The van der Waals surface area contributed by atoms with Crippen LogP contribution in [0.3, 0.4) is 0 Å². The molecule has 0 aliphatic rings. The van der Waals surface area contributed by atoms with Crippen LogP contribution in [-0.2, 0) is 6.54 Å². The number of thiophene rings is 1. The third-order valence-electron chi connectivity index (χ3n) is 3.10. The second kappa shape index (κ2) is 4.83. The van der Waals surface area contributed by atoms with Crippen molar-refractivity contribution in [2.45, 2.75) is 13.5 Å². The number of fused-ring (bicyclic) bond motifs is 1. The summed E-state index contributed by atoms with van der Waals surface area (Å²) in [6, 6.07) is 17.1. The van der Waals surface area contributed by atoms with Crippen LogP contribution in [0.1, 0.15) is 11.1 Å². The molecular formula is C16H15NS. The molecule has 0 saturated heterocycles. The first-order valence-corrected chi connectivity index (χ1v) is 6.96. The second-order valence-corrected chi connectivity index (χ2v) is 5.39. The van der Waals surface area contributed by atoms with Gasteiger partial charge in [-0.1, -0.05) is 35.9 Å². The molecule has 0 atom stereocenters. The lowest BCUT2D eigenvalue weighted by Crippen LogP contribution is -1.98. The van der Waals surface area contributed by atoms with Crippen LogP contribution in [0.15, 0.2) is 53.9 Å². The van der Waals surface area contributed by atoms with E-state index in [-0.39, 0.29) is 0 Å². The molecule has 0 bridgehead atoms. The van der Waals surface area contributed by atoms with Crippen molar-refractivity contribution in [1.82, 2.24) is 0 Å². The summed E-state index contributed by atoms with van der Waals surface area (Å²) in [7, 11) is 0. The summed E-state index contributed by atoms with van der Waals surface area (Å²) < 4.78 is 1.36. The van der Waals surface area contributed by atoms with Gasteiger partial charge in [-0.05, 0) is 41.5 Å². The van der Waals surface area contributed by atoms with Crippen molar-refractivity contribution < 1.29 is 0 Å². The van der Waals surface area contributed by atoms with Gasteiger partial charge in [0.2, 0.25) is 0 Å². The first-order valence-electron chi connectivity index (χ1n) is 6.08. The fourth-order valence-electron chi connectivity index (χ4n) is 2.04. The molecule has 0 saturated carbocycles. The number of benzene rings is 2. The Bertz CT molecular complexity index is 652. The van der Waals surface area contributed by atoms with Crippen LogP contribution in [-0.4, -0.2) is 0 Å². The van der Waals surface area contributed by atoms with Gasteiger partial charge in [0, 0.05) is 16.9 Å². The van der Waals surface area contributed by atoms with E-state index in [0.717, 1.165) is 6.54 Å². The fourth-order valence-corrected chi connectivity index (χ4v) is 3.00. The van der Waals surface area contributed by atoms with Gasteiger partial charge in [0.25, 0.3) is 0 Å². The summed E-state index contributed by atoms with van der Waals surface area (Å²) in [5.74, 6) is 0. The van der Waals surface area contributed by atoms with Crippen molar-refractivity contribution in [3.63, 3.8) is 0 Å². The molecular weight excluding hydrogens is 238 g/mol. The van der Waals surface area contributed by atoms with Gasteiger partial charge in [0.1, 0.15) is 0 Å². The lowest BCUT2D eigenvalue weighted by atomic mass is 10.1. The highest BCUT2D eigenvalue weighted by Crippen LogP contribution is 2.26. The molecule has 2 heteroatoms. The molecule has 0 aliphatic carbocycles. The van der Waals surface area contributed by atoms with Crippen LogP contribution in [0.25, 0.3) is 10.1 Å². The Morgan fingerprint density at radius 2 is 1.78 bits per heavy atom. The molecule has 0 unspecified atom stereocenters. The summed E-state index contributed by atoms with van der Waals surface area (Å²) in [6.07, 6.45) is 0. The minimum atomic E-state index is 0.882. The maximum absolute atomic E-state index is 3.47. The molecule has 1 N–H and O–H groups in total. The molecule has 1 nitrogen and oxygen atoms in total. The zero-order chi connectivity index (χ0) is 12.4. The van der Waals surface area contributed by atoms with Crippen molar-refractivity contribution in [3.8, 4) is 0 Å². The third kappa shape index (κ3) is 2.24. The van der Waals surface area contributed by atoms with Crippen molar-refractivity contribution in [2.24, 2.45) is 0 Å². The normalized spacial score (nSPS) is 10.7. The van der Waals surface area contributed by atoms with Crippen LogP contribution >= 0.6 is 11.3 Å². The number of nitrogens with one attached hydrogen (secondary N) is 1. The monoisotopic (exact) mass is 253 g/mol. The molecule has 0 amide bonds. The van der Waals surface area contributed by atoms with E-state index < -0.39 is 0 Å². The number of rotatable bonds is 3. The van der Waals surface area contributed by atoms with E-state index in [1.54, 1.807) is 0 Å². The Hall–Kier alpha value is -1.80. The molecule has 0 spiro atoms. The van der Waals surface area contributed by atoms with Crippen LogP contribution in [0, 0.1) is 6.92 Å². The molecule has 2 aromatic carbocycles. The van der Waals surface area contributed by atoms with E-state index in [9.17, 15) is 0 Å². The molecule has 3 rings (SSSR count). The summed E-state index contributed by atoms with van der Waals surface area (Å²) in [5.41, 5.74) is 3.84. The molecule has 0 radical (unpaired) electrons. The van der Waals surface area contributed by atoms with E-state index in [0.29, 0.717) is 0 Å². The predicted octanol–water partition coefficient (Wildman–Crippen LogP) is 4.82. The highest BCUT2D eigenvalue weighted by molar-refractivity contribution is 7.17. The minimum Gasteiger partial charge on any atom is -0.381 e. The van der Waals surface area contributed by atoms with Crippen LogP contribution in [0.4, 0.5) is 5.69 Å². The molecule has 1 heterocycles. The van der Waals surface area contributed by atoms with Crippen molar-refractivity contribution in [2.75, 3.05) is 5.32 Å². The van der Waals surface area contributed by atoms with Gasteiger partial charge in [-0.2, -0.15) is 0 Å². The lowest BCUT2D eigenvalue weighted by molar-refractivity contribution is 1.18. The Morgan fingerprint density at radius 1 is 1.00 bits per heavy atom. The quantitative estimate of drug-likeness (QED) is 0.705. The highest BCUT2D eigenvalue weighted by Gasteiger charge is 2.02. The van der Waals surface area contributed by atoms with Gasteiger partial charge in [-0.15, -0.1) is 11.3 Å². The molecule has 3 aromatic rings. The maximum Gasteiger partial charge on any atom is 0.0415 e. The molecule has 18 heavy (non-hydrogen) atoms. The summed E-state index contributed by atoms with van der Waals surface area (Å²) in [4.78, 5) is 0. The highest BCUT2D eigenvalue weighted by atomic mass is 32.1. The first-order chi connectivity index (χ1) is 8.83. The lowest BCUT2D eigenvalue weighted by Gasteiger charge is -2.06. The van der Waals surface area contributed by atoms with E-state index in [2.05, 4.69) is 66.2 Å². The Kier molecular flexibility index (Phi) is 3.03. The summed E-state index contributed by atoms with van der Waals surface area (Å²) in [6.45, 7) is 2.99. The zero-order valence-electron chi connectivity index (χ0n) is 10.3. The molecule has 0 aliphatic heterocycles. The SMILES string of the molecule is Cc1ccc(NCc2csc3ccccc23)cc1. The second-order valence-electron chi connectivity index (χ2n) is 4.48. The van der Waals surface area contributed by atoms with E-state index in [4.69, 9.17) is 0 Å². The predicted molar refractivity (Wildman–Crippen MR) is 80.3 cm³/mol. The third-order valence-corrected chi connectivity index (χ3v) is 4.11. The Labute approximate surface area is 111 Å².